The van der Waals surface area contributed by atoms with Gasteiger partial charge >= 0.3 is 0 Å². The first-order chi connectivity index (χ1) is 7.22. The van der Waals surface area contributed by atoms with Crippen molar-refractivity contribution in [3.63, 3.8) is 0 Å². The highest BCUT2D eigenvalue weighted by atomic mass is 35.5. The average molecular weight is 224 g/mol. The summed E-state index contributed by atoms with van der Waals surface area (Å²) in [6.07, 6.45) is 2.97. The SMILES string of the molecule is COc1cc(Cl)c(OC)c(C=CC#N)c1. The summed E-state index contributed by atoms with van der Waals surface area (Å²) >= 11 is 5.97. The van der Waals surface area contributed by atoms with E-state index >= 15 is 0 Å². The lowest BCUT2D eigenvalue weighted by Gasteiger charge is -2.09. The van der Waals surface area contributed by atoms with Crippen LogP contribution in [0.4, 0.5) is 0 Å². The summed E-state index contributed by atoms with van der Waals surface area (Å²) in [6, 6.07) is 5.31. The monoisotopic (exact) mass is 223 g/mol. The van der Waals surface area contributed by atoms with E-state index in [0.29, 0.717) is 22.1 Å². The van der Waals surface area contributed by atoms with Crippen LogP contribution in [-0.2, 0) is 0 Å². The van der Waals surface area contributed by atoms with Crippen LogP contribution in [-0.4, -0.2) is 14.2 Å². The van der Waals surface area contributed by atoms with Crippen LogP contribution in [0.25, 0.3) is 6.08 Å². The molecule has 0 aliphatic heterocycles. The third kappa shape index (κ3) is 2.64. The maximum absolute atomic E-state index is 8.45. The number of rotatable bonds is 3. The number of benzene rings is 1. The second-order valence-corrected chi connectivity index (χ2v) is 3.10. The zero-order valence-electron chi connectivity index (χ0n) is 8.45. The minimum atomic E-state index is 0.453. The van der Waals surface area contributed by atoms with Gasteiger partial charge in [-0.05, 0) is 12.1 Å². The van der Waals surface area contributed by atoms with Gasteiger partial charge in [-0.25, -0.2) is 0 Å². The largest absolute Gasteiger partial charge is 0.497 e. The van der Waals surface area contributed by atoms with Gasteiger partial charge in [0, 0.05) is 17.7 Å². The molecule has 0 amide bonds. The molecule has 0 aromatic heterocycles. The van der Waals surface area contributed by atoms with Crippen LogP contribution in [0.3, 0.4) is 0 Å². The molecule has 1 aromatic rings. The van der Waals surface area contributed by atoms with Crippen LogP contribution in [0.1, 0.15) is 5.56 Å². The number of hydrogen-bond donors (Lipinski definition) is 0. The van der Waals surface area contributed by atoms with Gasteiger partial charge in [0.2, 0.25) is 0 Å². The van der Waals surface area contributed by atoms with Crippen LogP contribution >= 0.6 is 11.6 Å². The Morgan fingerprint density at radius 3 is 2.60 bits per heavy atom. The van der Waals surface area contributed by atoms with Gasteiger partial charge < -0.3 is 9.47 Å². The van der Waals surface area contributed by atoms with E-state index in [9.17, 15) is 0 Å². The summed E-state index contributed by atoms with van der Waals surface area (Å²) < 4.78 is 10.2. The summed E-state index contributed by atoms with van der Waals surface area (Å²) in [5.74, 6) is 1.15. The van der Waals surface area contributed by atoms with E-state index in [1.54, 1.807) is 25.3 Å². The third-order valence-electron chi connectivity index (χ3n) is 1.82. The van der Waals surface area contributed by atoms with Gasteiger partial charge in [-0.15, -0.1) is 0 Å². The van der Waals surface area contributed by atoms with Crippen LogP contribution in [0.5, 0.6) is 11.5 Å². The molecule has 0 spiro atoms. The van der Waals surface area contributed by atoms with E-state index in [2.05, 4.69) is 0 Å². The highest BCUT2D eigenvalue weighted by Crippen LogP contribution is 2.33. The molecule has 0 N–H and O–H groups in total. The lowest BCUT2D eigenvalue weighted by Crippen LogP contribution is -1.91. The number of allylic oxidation sites excluding steroid dienone is 1. The summed E-state index contributed by atoms with van der Waals surface area (Å²) in [6.45, 7) is 0. The normalized spacial score (nSPS) is 10.0. The van der Waals surface area contributed by atoms with Crippen LogP contribution in [0, 0.1) is 11.3 Å². The molecule has 1 rings (SSSR count). The Hall–Kier alpha value is -1.66. The molecule has 3 nitrogen and oxygen atoms in total. The molecule has 0 atom stereocenters. The van der Waals surface area contributed by atoms with Gasteiger partial charge in [-0.1, -0.05) is 11.6 Å². The van der Waals surface area contributed by atoms with Crippen molar-refractivity contribution in [2.24, 2.45) is 0 Å². The molecule has 0 fully saturated rings. The standard InChI is InChI=1S/C11H10ClNO2/c1-14-9-6-8(4-3-5-13)11(15-2)10(12)7-9/h3-4,6-7H,1-2H3. The fraction of sp³-hybridized carbons (Fsp3) is 0.182. The third-order valence-corrected chi connectivity index (χ3v) is 2.10. The maximum Gasteiger partial charge on any atom is 0.144 e. The zero-order chi connectivity index (χ0) is 11.3. The van der Waals surface area contributed by atoms with Gasteiger partial charge in [0.15, 0.2) is 0 Å². The Bertz CT molecular complexity index is 421. The van der Waals surface area contributed by atoms with E-state index in [4.69, 9.17) is 26.3 Å². The molecule has 0 bridgehead atoms. The Balaban J connectivity index is 3.26. The van der Waals surface area contributed by atoms with E-state index in [-0.39, 0.29) is 0 Å². The van der Waals surface area contributed by atoms with Gasteiger partial charge in [-0.2, -0.15) is 5.26 Å². The second kappa shape index (κ2) is 5.28. The van der Waals surface area contributed by atoms with Gasteiger partial charge in [-0.3, -0.25) is 0 Å². The first-order valence-electron chi connectivity index (χ1n) is 4.20. The zero-order valence-corrected chi connectivity index (χ0v) is 9.21. The van der Waals surface area contributed by atoms with Gasteiger partial charge in [0.05, 0.1) is 25.3 Å². The number of methoxy groups -OCH3 is 2. The molecule has 1 aromatic carbocycles. The minimum absolute atomic E-state index is 0.453. The van der Waals surface area contributed by atoms with Crippen LogP contribution in [0.2, 0.25) is 5.02 Å². The molecule has 0 unspecified atom stereocenters. The Kier molecular flexibility index (Phi) is 4.02. The molecular formula is C11H10ClNO2. The number of nitrogens with zero attached hydrogens (tertiary/aromatic N) is 1. The van der Waals surface area contributed by atoms with Crippen molar-refractivity contribution in [2.45, 2.75) is 0 Å². The maximum atomic E-state index is 8.45. The van der Waals surface area contributed by atoms with Crippen molar-refractivity contribution in [2.75, 3.05) is 14.2 Å². The van der Waals surface area contributed by atoms with Crippen molar-refractivity contribution >= 4 is 17.7 Å². The van der Waals surface area contributed by atoms with E-state index in [1.807, 2.05) is 6.07 Å². The average Bonchev–Trinajstić information content (AvgIpc) is 2.25. The number of halogens is 1. The Labute approximate surface area is 93.5 Å². The molecule has 4 heteroatoms. The molecule has 0 aliphatic rings. The summed E-state index contributed by atoms with van der Waals surface area (Å²) in [5, 5.41) is 8.90. The fourth-order valence-corrected chi connectivity index (χ4v) is 1.47. The topological polar surface area (TPSA) is 42.2 Å². The Morgan fingerprint density at radius 2 is 2.07 bits per heavy atom. The van der Waals surface area contributed by atoms with Crippen LogP contribution in [0.15, 0.2) is 18.2 Å². The number of ether oxygens (including phenoxy) is 2. The first-order valence-corrected chi connectivity index (χ1v) is 4.58. The van der Waals surface area contributed by atoms with Crippen molar-refractivity contribution in [3.05, 3.63) is 28.8 Å². The summed E-state index contributed by atoms with van der Waals surface area (Å²) in [5.41, 5.74) is 0.711. The van der Waals surface area contributed by atoms with Gasteiger partial charge in [0.25, 0.3) is 0 Å². The molecule has 15 heavy (non-hydrogen) atoms. The highest BCUT2D eigenvalue weighted by Gasteiger charge is 2.08. The van der Waals surface area contributed by atoms with Crippen molar-refractivity contribution in [1.82, 2.24) is 0 Å². The molecule has 0 saturated heterocycles. The van der Waals surface area contributed by atoms with Crippen LogP contribution < -0.4 is 9.47 Å². The highest BCUT2D eigenvalue weighted by molar-refractivity contribution is 6.32. The van der Waals surface area contributed by atoms with E-state index in [1.165, 1.54) is 13.2 Å². The minimum Gasteiger partial charge on any atom is -0.497 e. The molecular weight excluding hydrogens is 214 g/mol. The number of nitriles is 1. The molecule has 0 radical (unpaired) electrons. The second-order valence-electron chi connectivity index (χ2n) is 2.69. The summed E-state index contributed by atoms with van der Waals surface area (Å²) in [4.78, 5) is 0. The number of hydrogen-bond acceptors (Lipinski definition) is 3. The quantitative estimate of drug-likeness (QED) is 0.740. The first kappa shape index (κ1) is 11.4. The van der Waals surface area contributed by atoms with Crippen molar-refractivity contribution in [3.8, 4) is 17.6 Å². The predicted molar refractivity (Wildman–Crippen MR) is 59.2 cm³/mol. The lowest BCUT2D eigenvalue weighted by atomic mass is 10.1. The molecule has 0 heterocycles. The van der Waals surface area contributed by atoms with Gasteiger partial charge in [0.1, 0.15) is 11.5 Å². The van der Waals surface area contributed by atoms with E-state index in [0.717, 1.165) is 0 Å². The molecule has 0 saturated carbocycles. The van der Waals surface area contributed by atoms with Crippen molar-refractivity contribution in [1.29, 1.82) is 5.26 Å². The molecule has 78 valence electrons. The molecule has 0 aliphatic carbocycles. The van der Waals surface area contributed by atoms with E-state index < -0.39 is 0 Å². The Morgan fingerprint density at radius 1 is 1.33 bits per heavy atom. The fourth-order valence-electron chi connectivity index (χ4n) is 1.17. The summed E-state index contributed by atoms with van der Waals surface area (Å²) in [7, 11) is 3.08. The smallest absolute Gasteiger partial charge is 0.144 e. The van der Waals surface area contributed by atoms with Crippen molar-refractivity contribution < 1.29 is 9.47 Å². The lowest BCUT2D eigenvalue weighted by molar-refractivity contribution is 0.402. The predicted octanol–water partition coefficient (Wildman–Crippen LogP) is 2.89.